The van der Waals surface area contributed by atoms with Gasteiger partial charge in [0.15, 0.2) is 0 Å². The zero-order valence-electron chi connectivity index (χ0n) is 7.50. The van der Waals surface area contributed by atoms with Gasteiger partial charge in [-0.2, -0.15) is 5.10 Å². The van der Waals surface area contributed by atoms with Gasteiger partial charge in [-0.25, -0.2) is 4.39 Å². The van der Waals surface area contributed by atoms with Crippen molar-refractivity contribution in [3.8, 4) is 11.3 Å². The zero-order valence-corrected chi connectivity index (χ0v) is 7.50. The number of nitrogens with two attached hydrogens (primary N) is 1. The molecule has 4 heteroatoms. The summed E-state index contributed by atoms with van der Waals surface area (Å²) in [4.78, 5) is 0. The second kappa shape index (κ2) is 3.59. The second-order valence-corrected chi connectivity index (χ2v) is 2.96. The van der Waals surface area contributed by atoms with Crippen LogP contribution in [0.15, 0.2) is 30.3 Å². The first-order valence-electron chi connectivity index (χ1n) is 4.30. The number of benzene rings is 1. The van der Waals surface area contributed by atoms with Gasteiger partial charge in [-0.05, 0) is 18.2 Å². The highest BCUT2D eigenvalue weighted by Crippen LogP contribution is 2.20. The maximum Gasteiger partial charge on any atom is 0.132 e. The zero-order chi connectivity index (χ0) is 9.97. The minimum absolute atomic E-state index is 0.275. The van der Waals surface area contributed by atoms with Gasteiger partial charge >= 0.3 is 0 Å². The summed E-state index contributed by atoms with van der Waals surface area (Å²) in [5.74, 6) is -0.275. The predicted octanol–water partition coefficient (Wildman–Crippen LogP) is 1.67. The number of aromatic nitrogens is 2. The quantitative estimate of drug-likeness (QED) is 0.758. The molecule has 0 bridgehead atoms. The van der Waals surface area contributed by atoms with E-state index in [1.165, 1.54) is 6.07 Å². The van der Waals surface area contributed by atoms with Gasteiger partial charge in [-0.3, -0.25) is 5.10 Å². The van der Waals surface area contributed by atoms with Crippen molar-refractivity contribution in [3.05, 3.63) is 41.8 Å². The first kappa shape index (κ1) is 8.90. The Balaban J connectivity index is 2.44. The van der Waals surface area contributed by atoms with Crippen LogP contribution in [-0.2, 0) is 6.54 Å². The summed E-state index contributed by atoms with van der Waals surface area (Å²) in [6, 6.07) is 8.26. The summed E-state index contributed by atoms with van der Waals surface area (Å²) in [7, 11) is 0. The molecule has 0 aliphatic carbocycles. The smallest absolute Gasteiger partial charge is 0.132 e. The normalized spacial score (nSPS) is 10.4. The Hall–Kier alpha value is -1.68. The van der Waals surface area contributed by atoms with Gasteiger partial charge in [0.1, 0.15) is 5.82 Å². The Kier molecular flexibility index (Phi) is 2.28. The summed E-state index contributed by atoms with van der Waals surface area (Å²) in [6.45, 7) is 0.376. The molecule has 2 rings (SSSR count). The van der Waals surface area contributed by atoms with Crippen LogP contribution in [0.3, 0.4) is 0 Å². The van der Waals surface area contributed by atoms with Crippen LogP contribution in [-0.4, -0.2) is 10.2 Å². The number of rotatable bonds is 2. The summed E-state index contributed by atoms with van der Waals surface area (Å²) in [5.41, 5.74) is 7.28. The first-order chi connectivity index (χ1) is 6.81. The summed E-state index contributed by atoms with van der Waals surface area (Å²) >= 11 is 0. The van der Waals surface area contributed by atoms with E-state index in [4.69, 9.17) is 5.73 Å². The molecule has 0 fully saturated rings. The molecule has 0 unspecified atom stereocenters. The molecule has 0 radical (unpaired) electrons. The van der Waals surface area contributed by atoms with Gasteiger partial charge in [-0.15, -0.1) is 0 Å². The molecular weight excluding hydrogens is 181 g/mol. The van der Waals surface area contributed by atoms with Crippen molar-refractivity contribution in [1.82, 2.24) is 10.2 Å². The molecule has 0 aliphatic heterocycles. The van der Waals surface area contributed by atoms with Gasteiger partial charge in [0.05, 0.1) is 5.69 Å². The monoisotopic (exact) mass is 191 g/mol. The van der Waals surface area contributed by atoms with Crippen LogP contribution in [0.4, 0.5) is 4.39 Å². The van der Waals surface area contributed by atoms with E-state index in [0.717, 1.165) is 5.69 Å². The van der Waals surface area contributed by atoms with Gasteiger partial charge in [0, 0.05) is 17.8 Å². The lowest BCUT2D eigenvalue weighted by Crippen LogP contribution is -1.95. The molecule has 1 aromatic heterocycles. The van der Waals surface area contributed by atoms with Crippen molar-refractivity contribution < 1.29 is 4.39 Å². The Labute approximate surface area is 80.8 Å². The number of nitrogens with one attached hydrogen (secondary N) is 1. The number of hydrogen-bond donors (Lipinski definition) is 2. The van der Waals surface area contributed by atoms with Crippen molar-refractivity contribution in [2.75, 3.05) is 0 Å². The van der Waals surface area contributed by atoms with Crippen LogP contribution in [0.5, 0.6) is 0 Å². The SMILES string of the molecule is NCc1cc(-c2ccccc2F)n[nH]1. The van der Waals surface area contributed by atoms with Gasteiger partial charge in [-0.1, -0.05) is 12.1 Å². The Morgan fingerprint density at radius 3 is 2.79 bits per heavy atom. The Bertz CT molecular complexity index is 436. The van der Waals surface area contributed by atoms with E-state index in [2.05, 4.69) is 10.2 Å². The molecule has 0 atom stereocenters. The molecule has 14 heavy (non-hydrogen) atoms. The lowest BCUT2D eigenvalue weighted by Gasteiger charge is -1.96. The van der Waals surface area contributed by atoms with Crippen LogP contribution in [0.2, 0.25) is 0 Å². The molecule has 1 aromatic carbocycles. The van der Waals surface area contributed by atoms with E-state index >= 15 is 0 Å². The highest BCUT2D eigenvalue weighted by atomic mass is 19.1. The standard InChI is InChI=1S/C10H10FN3/c11-9-4-2-1-3-8(9)10-5-7(6-12)13-14-10/h1-5H,6,12H2,(H,13,14). The molecular formula is C10H10FN3. The second-order valence-electron chi connectivity index (χ2n) is 2.96. The number of H-pyrrole nitrogens is 1. The molecule has 1 heterocycles. The lowest BCUT2D eigenvalue weighted by atomic mass is 10.1. The first-order valence-corrected chi connectivity index (χ1v) is 4.30. The largest absolute Gasteiger partial charge is 0.325 e. The highest BCUT2D eigenvalue weighted by molar-refractivity contribution is 5.59. The van der Waals surface area contributed by atoms with E-state index in [0.29, 0.717) is 17.8 Å². The van der Waals surface area contributed by atoms with E-state index < -0.39 is 0 Å². The highest BCUT2D eigenvalue weighted by Gasteiger charge is 2.06. The summed E-state index contributed by atoms with van der Waals surface area (Å²) in [5, 5.41) is 6.71. The molecule has 2 aromatic rings. The third-order valence-corrected chi connectivity index (χ3v) is 2.00. The van der Waals surface area contributed by atoms with Gasteiger partial charge < -0.3 is 5.73 Å². The number of hydrogen-bond acceptors (Lipinski definition) is 2. The molecule has 0 saturated heterocycles. The number of halogens is 1. The van der Waals surface area contributed by atoms with Gasteiger partial charge in [0.2, 0.25) is 0 Å². The third kappa shape index (κ3) is 1.52. The van der Waals surface area contributed by atoms with Crippen LogP contribution in [0.25, 0.3) is 11.3 Å². The van der Waals surface area contributed by atoms with E-state index in [1.807, 2.05) is 0 Å². The van der Waals surface area contributed by atoms with Crippen molar-refractivity contribution in [2.45, 2.75) is 6.54 Å². The van der Waals surface area contributed by atoms with Crippen LogP contribution in [0, 0.1) is 5.82 Å². The van der Waals surface area contributed by atoms with Crippen molar-refractivity contribution in [1.29, 1.82) is 0 Å². The maximum absolute atomic E-state index is 13.3. The summed E-state index contributed by atoms with van der Waals surface area (Å²) in [6.07, 6.45) is 0. The third-order valence-electron chi connectivity index (χ3n) is 2.00. The van der Waals surface area contributed by atoms with Crippen LogP contribution < -0.4 is 5.73 Å². The molecule has 0 spiro atoms. The molecule has 0 amide bonds. The predicted molar refractivity (Wildman–Crippen MR) is 51.9 cm³/mol. The number of aromatic amines is 1. The Morgan fingerprint density at radius 1 is 1.36 bits per heavy atom. The van der Waals surface area contributed by atoms with Crippen molar-refractivity contribution >= 4 is 0 Å². The van der Waals surface area contributed by atoms with Crippen LogP contribution >= 0.6 is 0 Å². The fourth-order valence-corrected chi connectivity index (χ4v) is 1.27. The molecule has 3 N–H and O–H groups in total. The molecule has 0 aliphatic rings. The van der Waals surface area contributed by atoms with Crippen molar-refractivity contribution in [3.63, 3.8) is 0 Å². The van der Waals surface area contributed by atoms with E-state index in [1.54, 1.807) is 24.3 Å². The minimum Gasteiger partial charge on any atom is -0.325 e. The Morgan fingerprint density at radius 2 is 2.14 bits per heavy atom. The van der Waals surface area contributed by atoms with Gasteiger partial charge in [0.25, 0.3) is 0 Å². The van der Waals surface area contributed by atoms with Crippen LogP contribution in [0.1, 0.15) is 5.69 Å². The average Bonchev–Trinajstić information content (AvgIpc) is 2.67. The fourth-order valence-electron chi connectivity index (χ4n) is 1.27. The molecule has 72 valence electrons. The van der Waals surface area contributed by atoms with E-state index in [-0.39, 0.29) is 5.82 Å². The van der Waals surface area contributed by atoms with Crippen molar-refractivity contribution in [2.24, 2.45) is 5.73 Å². The summed E-state index contributed by atoms with van der Waals surface area (Å²) < 4.78 is 13.3. The molecule has 0 saturated carbocycles. The average molecular weight is 191 g/mol. The molecule has 3 nitrogen and oxygen atoms in total. The topological polar surface area (TPSA) is 54.7 Å². The lowest BCUT2D eigenvalue weighted by molar-refractivity contribution is 0.630. The maximum atomic E-state index is 13.3. The van der Waals surface area contributed by atoms with E-state index in [9.17, 15) is 4.39 Å². The number of nitrogens with zero attached hydrogens (tertiary/aromatic N) is 1. The minimum atomic E-state index is -0.275. The fraction of sp³-hybridized carbons (Fsp3) is 0.100.